The highest BCUT2D eigenvalue weighted by Crippen LogP contribution is 2.33. The topological polar surface area (TPSA) is 41.6 Å². The van der Waals surface area contributed by atoms with Crippen molar-refractivity contribution < 1.29 is 13.9 Å². The SMILES string of the molecule is O=CC1OCc2ccc(F)cc2N1C1CCNCC1. The number of nitrogens with zero attached hydrogens (tertiary/aromatic N) is 1. The molecule has 0 spiro atoms. The van der Waals surface area contributed by atoms with Crippen molar-refractivity contribution >= 4 is 12.0 Å². The summed E-state index contributed by atoms with van der Waals surface area (Å²) in [5, 5.41) is 3.29. The molecule has 0 radical (unpaired) electrons. The van der Waals surface area contributed by atoms with Gasteiger partial charge < -0.3 is 15.0 Å². The van der Waals surface area contributed by atoms with Crippen LogP contribution in [0.3, 0.4) is 0 Å². The van der Waals surface area contributed by atoms with Gasteiger partial charge in [0, 0.05) is 17.3 Å². The van der Waals surface area contributed by atoms with E-state index in [1.807, 2.05) is 4.90 Å². The minimum Gasteiger partial charge on any atom is -0.346 e. The lowest BCUT2D eigenvalue weighted by Gasteiger charge is -2.43. The van der Waals surface area contributed by atoms with Crippen LogP contribution in [-0.4, -0.2) is 31.6 Å². The number of hydrogen-bond donors (Lipinski definition) is 1. The number of carbonyl (C=O) groups excluding carboxylic acids is 1. The van der Waals surface area contributed by atoms with Crippen molar-refractivity contribution in [2.45, 2.75) is 31.7 Å². The first-order valence-corrected chi connectivity index (χ1v) is 6.64. The molecule has 0 bridgehead atoms. The van der Waals surface area contributed by atoms with Gasteiger partial charge in [0.1, 0.15) is 5.82 Å². The Morgan fingerprint density at radius 1 is 1.37 bits per heavy atom. The third-order valence-corrected chi connectivity index (χ3v) is 3.83. The van der Waals surface area contributed by atoms with E-state index in [-0.39, 0.29) is 11.9 Å². The van der Waals surface area contributed by atoms with Crippen molar-refractivity contribution in [2.24, 2.45) is 0 Å². The molecule has 0 amide bonds. The molecule has 1 N–H and O–H groups in total. The number of benzene rings is 1. The summed E-state index contributed by atoms with van der Waals surface area (Å²) in [4.78, 5) is 13.2. The monoisotopic (exact) mass is 264 g/mol. The van der Waals surface area contributed by atoms with E-state index in [9.17, 15) is 9.18 Å². The fourth-order valence-electron chi connectivity index (χ4n) is 2.89. The molecule has 102 valence electrons. The van der Waals surface area contributed by atoms with Gasteiger partial charge in [-0.1, -0.05) is 6.07 Å². The highest BCUT2D eigenvalue weighted by Gasteiger charge is 2.33. The molecular formula is C14H17FN2O2. The number of fused-ring (bicyclic) bond motifs is 1. The second-order valence-electron chi connectivity index (χ2n) is 5.00. The lowest BCUT2D eigenvalue weighted by Crippen LogP contribution is -2.52. The second kappa shape index (κ2) is 5.27. The van der Waals surface area contributed by atoms with Gasteiger partial charge >= 0.3 is 0 Å². The number of ether oxygens (including phenoxy) is 1. The Bertz CT molecular complexity index is 475. The smallest absolute Gasteiger partial charge is 0.187 e. The lowest BCUT2D eigenvalue weighted by atomic mass is 10.0. The molecule has 5 heteroatoms. The van der Waals surface area contributed by atoms with Crippen molar-refractivity contribution in [1.29, 1.82) is 0 Å². The van der Waals surface area contributed by atoms with E-state index in [1.165, 1.54) is 12.1 Å². The number of halogens is 1. The molecule has 1 unspecified atom stereocenters. The van der Waals surface area contributed by atoms with E-state index >= 15 is 0 Å². The molecule has 1 saturated heterocycles. The molecule has 2 aliphatic rings. The molecule has 0 aliphatic carbocycles. The number of rotatable bonds is 2. The molecule has 19 heavy (non-hydrogen) atoms. The summed E-state index contributed by atoms with van der Waals surface area (Å²) in [5.74, 6) is -0.274. The van der Waals surface area contributed by atoms with E-state index in [2.05, 4.69) is 5.32 Å². The zero-order valence-corrected chi connectivity index (χ0v) is 10.6. The maximum Gasteiger partial charge on any atom is 0.187 e. The number of aldehydes is 1. The van der Waals surface area contributed by atoms with Crippen LogP contribution >= 0.6 is 0 Å². The normalized spacial score (nSPS) is 24.1. The maximum absolute atomic E-state index is 13.5. The van der Waals surface area contributed by atoms with E-state index in [0.29, 0.717) is 6.61 Å². The Morgan fingerprint density at radius 3 is 2.89 bits per heavy atom. The van der Waals surface area contributed by atoms with Crippen molar-refractivity contribution in [3.05, 3.63) is 29.6 Å². The molecule has 1 aromatic carbocycles. The fourth-order valence-corrected chi connectivity index (χ4v) is 2.89. The van der Waals surface area contributed by atoms with Gasteiger partial charge in [0.05, 0.1) is 6.61 Å². The van der Waals surface area contributed by atoms with Gasteiger partial charge in [-0.25, -0.2) is 4.39 Å². The second-order valence-corrected chi connectivity index (χ2v) is 5.00. The fraction of sp³-hybridized carbons (Fsp3) is 0.500. The average Bonchev–Trinajstić information content (AvgIpc) is 2.46. The van der Waals surface area contributed by atoms with Crippen LogP contribution in [0.2, 0.25) is 0 Å². The third-order valence-electron chi connectivity index (χ3n) is 3.83. The van der Waals surface area contributed by atoms with Gasteiger partial charge in [-0.15, -0.1) is 0 Å². The number of nitrogens with one attached hydrogen (secondary N) is 1. The minimum atomic E-state index is -0.600. The Morgan fingerprint density at radius 2 is 2.16 bits per heavy atom. The summed E-state index contributed by atoms with van der Waals surface area (Å²) in [5.41, 5.74) is 1.74. The average molecular weight is 264 g/mol. The van der Waals surface area contributed by atoms with Crippen LogP contribution in [0, 0.1) is 5.82 Å². The summed E-state index contributed by atoms with van der Waals surface area (Å²) in [7, 11) is 0. The Labute approximate surface area is 111 Å². The first kappa shape index (κ1) is 12.6. The number of piperidine rings is 1. The molecule has 0 saturated carbocycles. The van der Waals surface area contributed by atoms with Crippen molar-refractivity contribution in [3.63, 3.8) is 0 Å². The van der Waals surface area contributed by atoms with Gasteiger partial charge in [0.15, 0.2) is 12.5 Å². The molecule has 1 atom stereocenters. The number of carbonyl (C=O) groups is 1. The minimum absolute atomic E-state index is 0.220. The summed E-state index contributed by atoms with van der Waals surface area (Å²) >= 11 is 0. The zero-order valence-electron chi connectivity index (χ0n) is 10.6. The van der Waals surface area contributed by atoms with Crippen molar-refractivity contribution in [1.82, 2.24) is 5.32 Å². The van der Waals surface area contributed by atoms with Gasteiger partial charge in [0.25, 0.3) is 0 Å². The number of anilines is 1. The van der Waals surface area contributed by atoms with Gasteiger partial charge in [0.2, 0.25) is 0 Å². The quantitative estimate of drug-likeness (QED) is 0.821. The van der Waals surface area contributed by atoms with Gasteiger partial charge in [-0.05, 0) is 38.1 Å². The molecule has 4 nitrogen and oxygen atoms in total. The van der Waals surface area contributed by atoms with Crippen LogP contribution < -0.4 is 10.2 Å². The molecule has 1 fully saturated rings. The van der Waals surface area contributed by atoms with Crippen LogP contribution in [0.5, 0.6) is 0 Å². The first-order valence-electron chi connectivity index (χ1n) is 6.64. The molecule has 2 heterocycles. The lowest BCUT2D eigenvalue weighted by molar-refractivity contribution is -0.120. The van der Waals surface area contributed by atoms with Crippen LogP contribution in [-0.2, 0) is 16.1 Å². The zero-order chi connectivity index (χ0) is 13.2. The highest BCUT2D eigenvalue weighted by atomic mass is 19.1. The first-order chi connectivity index (χ1) is 9.29. The summed E-state index contributed by atoms with van der Waals surface area (Å²) in [6.07, 6.45) is 2.07. The van der Waals surface area contributed by atoms with Crippen LogP contribution in [0.15, 0.2) is 18.2 Å². The Balaban J connectivity index is 1.98. The van der Waals surface area contributed by atoms with Gasteiger partial charge in [-0.3, -0.25) is 4.79 Å². The molecular weight excluding hydrogens is 247 g/mol. The molecule has 0 aromatic heterocycles. The standard InChI is InChI=1S/C14H17FN2O2/c15-11-2-1-10-9-19-14(8-18)17(13(10)7-11)12-3-5-16-6-4-12/h1-2,7-8,12,14,16H,3-6,9H2. The van der Waals surface area contributed by atoms with E-state index < -0.39 is 6.23 Å². The van der Waals surface area contributed by atoms with E-state index in [1.54, 1.807) is 6.07 Å². The summed E-state index contributed by atoms with van der Waals surface area (Å²) in [6.45, 7) is 2.19. The third kappa shape index (κ3) is 2.35. The van der Waals surface area contributed by atoms with Crippen LogP contribution in [0.25, 0.3) is 0 Å². The summed E-state index contributed by atoms with van der Waals surface area (Å²) in [6, 6.07) is 4.90. The Hall–Kier alpha value is -1.46. The molecule has 3 rings (SSSR count). The molecule has 1 aromatic rings. The van der Waals surface area contributed by atoms with Gasteiger partial charge in [-0.2, -0.15) is 0 Å². The van der Waals surface area contributed by atoms with Crippen molar-refractivity contribution in [2.75, 3.05) is 18.0 Å². The molecule has 2 aliphatic heterocycles. The Kier molecular flexibility index (Phi) is 3.48. The predicted molar refractivity (Wildman–Crippen MR) is 69.4 cm³/mol. The summed E-state index contributed by atoms with van der Waals surface area (Å²) < 4.78 is 19.1. The van der Waals surface area contributed by atoms with Crippen LogP contribution in [0.1, 0.15) is 18.4 Å². The largest absolute Gasteiger partial charge is 0.346 e. The predicted octanol–water partition coefficient (Wildman–Crippen LogP) is 1.44. The number of hydrogen-bond acceptors (Lipinski definition) is 4. The van der Waals surface area contributed by atoms with E-state index in [0.717, 1.165) is 43.5 Å². The maximum atomic E-state index is 13.5. The van der Waals surface area contributed by atoms with Crippen molar-refractivity contribution in [3.8, 4) is 0 Å². The highest BCUT2D eigenvalue weighted by molar-refractivity contribution is 5.68. The van der Waals surface area contributed by atoms with E-state index in [4.69, 9.17) is 4.74 Å². The van der Waals surface area contributed by atoms with Crippen LogP contribution in [0.4, 0.5) is 10.1 Å².